The van der Waals surface area contributed by atoms with Crippen LogP contribution in [0.1, 0.15) is 17.2 Å². The zero-order valence-corrected chi connectivity index (χ0v) is 12.2. The van der Waals surface area contributed by atoms with Crippen LogP contribution >= 0.6 is 0 Å². The van der Waals surface area contributed by atoms with Crippen molar-refractivity contribution in [2.24, 2.45) is 0 Å². The monoisotopic (exact) mass is 278 g/mol. The number of hydrogen-bond donors (Lipinski definition) is 1. The summed E-state index contributed by atoms with van der Waals surface area (Å²) in [5.41, 5.74) is 3.30. The van der Waals surface area contributed by atoms with Crippen molar-refractivity contribution in [3.05, 3.63) is 71.9 Å². The van der Waals surface area contributed by atoms with Gasteiger partial charge in [-0.1, -0.05) is 36.4 Å². The number of hydrogen-bond acceptors (Lipinski definition) is 3. The van der Waals surface area contributed by atoms with E-state index in [9.17, 15) is 0 Å². The van der Waals surface area contributed by atoms with Gasteiger partial charge in [-0.05, 0) is 30.8 Å². The Labute approximate surface area is 124 Å². The van der Waals surface area contributed by atoms with E-state index in [0.29, 0.717) is 0 Å². The number of aromatic nitrogens is 1. The molecule has 1 N–H and O–H groups in total. The van der Waals surface area contributed by atoms with Crippen molar-refractivity contribution in [1.82, 2.24) is 10.3 Å². The zero-order valence-electron chi connectivity index (χ0n) is 12.2. The molecule has 1 heterocycles. The number of benzene rings is 2. The lowest BCUT2D eigenvalue weighted by Gasteiger charge is -2.20. The maximum absolute atomic E-state index is 5.48. The van der Waals surface area contributed by atoms with Gasteiger partial charge in [-0.25, -0.2) is 0 Å². The molecule has 3 nitrogen and oxygen atoms in total. The normalized spacial score (nSPS) is 12.3. The largest absolute Gasteiger partial charge is 0.496 e. The third-order valence-electron chi connectivity index (χ3n) is 3.70. The minimum absolute atomic E-state index is 0.0764. The van der Waals surface area contributed by atoms with Crippen molar-refractivity contribution >= 4 is 10.9 Å². The Bertz CT molecular complexity index is 755. The second-order valence-corrected chi connectivity index (χ2v) is 4.92. The summed E-state index contributed by atoms with van der Waals surface area (Å²) in [5.74, 6) is 0.887. The van der Waals surface area contributed by atoms with E-state index in [0.717, 1.165) is 22.2 Å². The number of nitrogens with zero attached hydrogens (tertiary/aromatic N) is 1. The first-order valence-corrected chi connectivity index (χ1v) is 6.98. The van der Waals surface area contributed by atoms with Crippen molar-refractivity contribution < 1.29 is 4.74 Å². The molecular weight excluding hydrogens is 260 g/mol. The number of pyridine rings is 1. The number of rotatable bonds is 4. The van der Waals surface area contributed by atoms with Gasteiger partial charge in [0.1, 0.15) is 5.75 Å². The van der Waals surface area contributed by atoms with Crippen molar-refractivity contribution in [2.75, 3.05) is 14.2 Å². The molecule has 106 valence electrons. The first-order chi connectivity index (χ1) is 10.3. The van der Waals surface area contributed by atoms with Crippen LogP contribution in [0.4, 0.5) is 0 Å². The Balaban J connectivity index is 2.09. The van der Waals surface area contributed by atoms with Gasteiger partial charge in [0.2, 0.25) is 0 Å². The van der Waals surface area contributed by atoms with Gasteiger partial charge in [0.15, 0.2) is 0 Å². The van der Waals surface area contributed by atoms with E-state index < -0.39 is 0 Å². The number of methoxy groups -OCH3 is 1. The van der Waals surface area contributed by atoms with Crippen LogP contribution in [-0.4, -0.2) is 19.1 Å². The summed E-state index contributed by atoms with van der Waals surface area (Å²) in [5, 5.41) is 4.52. The summed E-state index contributed by atoms with van der Waals surface area (Å²) < 4.78 is 5.48. The van der Waals surface area contributed by atoms with Crippen molar-refractivity contribution in [1.29, 1.82) is 0 Å². The van der Waals surface area contributed by atoms with Gasteiger partial charge in [-0.15, -0.1) is 0 Å². The van der Waals surface area contributed by atoms with Crippen LogP contribution in [-0.2, 0) is 0 Å². The fraction of sp³-hybridized carbons (Fsp3) is 0.167. The summed E-state index contributed by atoms with van der Waals surface area (Å²) in [6.45, 7) is 0. The molecule has 0 bridgehead atoms. The summed E-state index contributed by atoms with van der Waals surface area (Å²) in [6.07, 6.45) is 1.82. The first-order valence-electron chi connectivity index (χ1n) is 6.98. The SMILES string of the molecule is CNC(c1ccc2cccnc2c1)c1ccccc1OC. The molecule has 0 aliphatic heterocycles. The lowest BCUT2D eigenvalue weighted by Crippen LogP contribution is -2.18. The molecule has 1 aromatic heterocycles. The number of ether oxygens (including phenoxy) is 1. The molecule has 2 aromatic carbocycles. The average Bonchev–Trinajstić information content (AvgIpc) is 2.56. The Kier molecular flexibility index (Phi) is 3.84. The summed E-state index contributed by atoms with van der Waals surface area (Å²) in [4.78, 5) is 4.44. The van der Waals surface area contributed by atoms with Gasteiger partial charge in [0.05, 0.1) is 18.7 Å². The number of para-hydroxylation sites is 1. The Morgan fingerprint density at radius 3 is 2.71 bits per heavy atom. The molecule has 0 saturated carbocycles. The minimum Gasteiger partial charge on any atom is -0.496 e. The Morgan fingerprint density at radius 1 is 1.05 bits per heavy atom. The van der Waals surface area contributed by atoms with E-state index in [1.807, 2.05) is 37.5 Å². The molecule has 0 saturated heterocycles. The van der Waals surface area contributed by atoms with Crippen molar-refractivity contribution in [2.45, 2.75) is 6.04 Å². The maximum Gasteiger partial charge on any atom is 0.123 e. The summed E-state index contributed by atoms with van der Waals surface area (Å²) >= 11 is 0. The lowest BCUT2D eigenvalue weighted by molar-refractivity contribution is 0.405. The highest BCUT2D eigenvalue weighted by molar-refractivity contribution is 5.79. The Morgan fingerprint density at radius 2 is 1.90 bits per heavy atom. The van der Waals surface area contributed by atoms with E-state index in [1.165, 1.54) is 5.56 Å². The molecule has 0 fully saturated rings. The molecule has 3 heteroatoms. The third kappa shape index (κ3) is 2.60. The van der Waals surface area contributed by atoms with Crippen LogP contribution in [0.25, 0.3) is 10.9 Å². The molecule has 0 aliphatic rings. The van der Waals surface area contributed by atoms with E-state index in [1.54, 1.807) is 7.11 Å². The molecule has 0 amide bonds. The molecule has 1 atom stereocenters. The average molecular weight is 278 g/mol. The van der Waals surface area contributed by atoms with Gasteiger partial charge in [-0.3, -0.25) is 4.98 Å². The predicted molar refractivity (Wildman–Crippen MR) is 85.6 cm³/mol. The van der Waals surface area contributed by atoms with E-state index in [-0.39, 0.29) is 6.04 Å². The fourth-order valence-corrected chi connectivity index (χ4v) is 2.67. The standard InChI is InChI=1S/C18H18N2O/c1-19-18(15-7-3-4-8-17(15)21-2)14-10-9-13-6-5-11-20-16(13)12-14/h3-12,18-19H,1-2H3. The van der Waals surface area contributed by atoms with Crippen LogP contribution in [0, 0.1) is 0 Å². The van der Waals surface area contributed by atoms with Crippen LogP contribution in [0.3, 0.4) is 0 Å². The lowest BCUT2D eigenvalue weighted by atomic mass is 9.97. The second-order valence-electron chi connectivity index (χ2n) is 4.92. The molecule has 21 heavy (non-hydrogen) atoms. The van der Waals surface area contributed by atoms with Gasteiger partial charge in [-0.2, -0.15) is 0 Å². The summed E-state index contributed by atoms with van der Waals surface area (Å²) in [7, 11) is 3.66. The van der Waals surface area contributed by atoms with Gasteiger partial charge in [0.25, 0.3) is 0 Å². The molecule has 3 rings (SSSR count). The quantitative estimate of drug-likeness (QED) is 0.792. The fourth-order valence-electron chi connectivity index (χ4n) is 2.67. The van der Waals surface area contributed by atoms with Crippen LogP contribution < -0.4 is 10.1 Å². The molecule has 0 spiro atoms. The van der Waals surface area contributed by atoms with Crippen LogP contribution in [0.5, 0.6) is 5.75 Å². The number of fused-ring (bicyclic) bond motifs is 1. The van der Waals surface area contributed by atoms with Crippen LogP contribution in [0.2, 0.25) is 0 Å². The Hall–Kier alpha value is -2.39. The van der Waals surface area contributed by atoms with Crippen LogP contribution in [0.15, 0.2) is 60.8 Å². The van der Waals surface area contributed by atoms with Gasteiger partial charge in [0, 0.05) is 17.1 Å². The highest BCUT2D eigenvalue weighted by Gasteiger charge is 2.16. The molecule has 3 aromatic rings. The highest BCUT2D eigenvalue weighted by Crippen LogP contribution is 2.30. The highest BCUT2D eigenvalue weighted by atomic mass is 16.5. The maximum atomic E-state index is 5.48. The van der Waals surface area contributed by atoms with Gasteiger partial charge < -0.3 is 10.1 Å². The van der Waals surface area contributed by atoms with Gasteiger partial charge >= 0.3 is 0 Å². The molecule has 1 unspecified atom stereocenters. The summed E-state index contributed by atoms with van der Waals surface area (Å²) in [6, 6.07) is 18.6. The molecule has 0 aliphatic carbocycles. The minimum atomic E-state index is 0.0764. The first kappa shape index (κ1) is 13.6. The molecular formula is C18H18N2O. The smallest absolute Gasteiger partial charge is 0.123 e. The van der Waals surface area contributed by atoms with E-state index >= 15 is 0 Å². The van der Waals surface area contributed by atoms with E-state index in [4.69, 9.17) is 4.74 Å². The van der Waals surface area contributed by atoms with Crippen molar-refractivity contribution in [3.63, 3.8) is 0 Å². The van der Waals surface area contributed by atoms with Crippen molar-refractivity contribution in [3.8, 4) is 5.75 Å². The molecule has 0 radical (unpaired) electrons. The topological polar surface area (TPSA) is 34.2 Å². The third-order valence-corrected chi connectivity index (χ3v) is 3.70. The van der Waals surface area contributed by atoms with E-state index in [2.05, 4.69) is 40.6 Å². The number of nitrogens with one attached hydrogen (secondary N) is 1. The second kappa shape index (κ2) is 5.94. The predicted octanol–water partition coefficient (Wildman–Crippen LogP) is 3.55. The zero-order chi connectivity index (χ0) is 14.7.